The molecule has 2 saturated carbocycles. The van der Waals surface area contributed by atoms with Crippen molar-refractivity contribution in [3.8, 4) is 0 Å². The van der Waals surface area contributed by atoms with Crippen LogP contribution in [0, 0.1) is 16.7 Å². The van der Waals surface area contributed by atoms with Crippen LogP contribution in [-0.2, 0) is 9.59 Å². The van der Waals surface area contributed by atoms with Gasteiger partial charge in [0.25, 0.3) is 0 Å². The van der Waals surface area contributed by atoms with Crippen molar-refractivity contribution >= 4 is 17.5 Å². The Bertz CT molecular complexity index is 725. The molecule has 1 saturated heterocycles. The van der Waals surface area contributed by atoms with E-state index in [-0.39, 0.29) is 23.1 Å². The lowest BCUT2D eigenvalue weighted by molar-refractivity contribution is -0.148. The number of benzene rings is 1. The second kappa shape index (κ2) is 5.56. The molecule has 1 heterocycles. The maximum atomic E-state index is 12.6. The number of primary amides is 1. The molecule has 2 aliphatic carbocycles. The smallest absolute Gasteiger partial charge is 0.238 e. The van der Waals surface area contributed by atoms with Crippen LogP contribution < -0.4 is 11.1 Å². The number of anilines is 1. The van der Waals surface area contributed by atoms with Gasteiger partial charge in [0, 0.05) is 18.8 Å². The van der Waals surface area contributed by atoms with Crippen molar-refractivity contribution in [2.24, 2.45) is 22.5 Å². The van der Waals surface area contributed by atoms with Gasteiger partial charge in [-0.1, -0.05) is 32.0 Å². The van der Waals surface area contributed by atoms with Gasteiger partial charge in [-0.2, -0.15) is 0 Å². The topological polar surface area (TPSA) is 75.4 Å². The van der Waals surface area contributed by atoms with Gasteiger partial charge in [0.05, 0.1) is 12.0 Å². The molecule has 3 aliphatic rings. The van der Waals surface area contributed by atoms with Crippen molar-refractivity contribution in [2.45, 2.75) is 39.0 Å². The zero-order valence-corrected chi connectivity index (χ0v) is 15.0. The van der Waals surface area contributed by atoms with Gasteiger partial charge in [-0.05, 0) is 48.1 Å². The van der Waals surface area contributed by atoms with Gasteiger partial charge in [0.15, 0.2) is 0 Å². The third kappa shape index (κ3) is 2.74. The summed E-state index contributed by atoms with van der Waals surface area (Å²) in [6, 6.07) is 8.07. The molecule has 5 nitrogen and oxygen atoms in total. The number of carbonyl (C=O) groups is 2. The number of carbonyl (C=O) groups excluding carboxylic acids is 2. The van der Waals surface area contributed by atoms with E-state index in [0.717, 1.165) is 18.7 Å². The van der Waals surface area contributed by atoms with Crippen LogP contribution >= 0.6 is 0 Å². The van der Waals surface area contributed by atoms with Crippen LogP contribution in [0.1, 0.15) is 44.6 Å². The van der Waals surface area contributed by atoms with Crippen molar-refractivity contribution in [2.75, 3.05) is 25.0 Å². The number of likely N-dealkylation sites (tertiary alicyclic amines) is 1. The van der Waals surface area contributed by atoms with Crippen LogP contribution in [0.4, 0.5) is 5.69 Å². The first-order valence-electron chi connectivity index (χ1n) is 9.23. The van der Waals surface area contributed by atoms with E-state index in [1.54, 1.807) is 0 Å². The molecule has 3 N–H and O–H groups in total. The van der Waals surface area contributed by atoms with Crippen molar-refractivity contribution in [3.05, 3.63) is 29.8 Å². The number of hydrogen-bond donors (Lipinski definition) is 2. The molecule has 1 aliphatic heterocycles. The van der Waals surface area contributed by atoms with E-state index in [9.17, 15) is 9.59 Å². The summed E-state index contributed by atoms with van der Waals surface area (Å²) in [4.78, 5) is 26.7. The van der Waals surface area contributed by atoms with Gasteiger partial charge in [-0.15, -0.1) is 0 Å². The molecular formula is C20H27N3O2. The van der Waals surface area contributed by atoms with Crippen LogP contribution in [0.3, 0.4) is 0 Å². The Morgan fingerprint density at radius 1 is 1.28 bits per heavy atom. The molecule has 1 aromatic rings. The molecule has 5 heteroatoms. The fraction of sp³-hybridized carbons (Fsp3) is 0.600. The average molecular weight is 341 g/mol. The fourth-order valence-electron chi connectivity index (χ4n) is 5.20. The Hall–Kier alpha value is -1.88. The predicted molar refractivity (Wildman–Crippen MR) is 97.0 cm³/mol. The quantitative estimate of drug-likeness (QED) is 0.863. The molecule has 0 spiro atoms. The summed E-state index contributed by atoms with van der Waals surface area (Å²) in [5.74, 6) is 0.632. The minimum Gasteiger partial charge on any atom is -0.369 e. The standard InChI is InChI=1S/C20H27N3O2/c1-19(2)11-20(18(21)25)12-23(9-16(19)20)10-17(24)22-15-6-4-3-5-14(15)13-7-8-13/h3-6,13,16H,7-12H2,1-2H3,(H2,21,25)(H,22,24)/t16-,20+/m1/s1. The Kier molecular flexibility index (Phi) is 3.69. The van der Waals surface area contributed by atoms with Gasteiger partial charge in [-0.3, -0.25) is 14.5 Å². The Morgan fingerprint density at radius 3 is 2.60 bits per heavy atom. The molecule has 4 rings (SSSR count). The third-order valence-electron chi connectivity index (χ3n) is 6.44. The minimum absolute atomic E-state index is 0.00757. The third-order valence-corrected chi connectivity index (χ3v) is 6.44. The highest BCUT2D eigenvalue weighted by molar-refractivity contribution is 5.93. The summed E-state index contributed by atoms with van der Waals surface area (Å²) in [5, 5.41) is 3.07. The number of fused-ring (bicyclic) bond motifs is 1. The number of nitrogens with two attached hydrogens (primary N) is 1. The van der Waals surface area contributed by atoms with E-state index in [1.807, 2.05) is 18.2 Å². The Balaban J connectivity index is 1.42. The van der Waals surface area contributed by atoms with Gasteiger partial charge >= 0.3 is 0 Å². The molecule has 25 heavy (non-hydrogen) atoms. The van der Waals surface area contributed by atoms with Crippen LogP contribution in [-0.4, -0.2) is 36.3 Å². The summed E-state index contributed by atoms with van der Waals surface area (Å²) in [5.41, 5.74) is 7.57. The number of nitrogens with zero attached hydrogens (tertiary/aromatic N) is 1. The van der Waals surface area contributed by atoms with E-state index in [2.05, 4.69) is 30.1 Å². The molecule has 0 bridgehead atoms. The van der Waals surface area contributed by atoms with Crippen LogP contribution in [0.25, 0.3) is 0 Å². The summed E-state index contributed by atoms with van der Waals surface area (Å²) >= 11 is 0. The van der Waals surface area contributed by atoms with Crippen molar-refractivity contribution in [1.82, 2.24) is 4.90 Å². The summed E-state index contributed by atoms with van der Waals surface area (Å²) in [6.07, 6.45) is 3.23. The lowest BCUT2D eigenvalue weighted by Gasteiger charge is -2.54. The first-order chi connectivity index (χ1) is 11.8. The fourth-order valence-corrected chi connectivity index (χ4v) is 5.20. The van der Waals surface area contributed by atoms with Crippen molar-refractivity contribution in [3.63, 3.8) is 0 Å². The monoisotopic (exact) mass is 341 g/mol. The highest BCUT2D eigenvalue weighted by Crippen LogP contribution is 2.62. The van der Waals surface area contributed by atoms with Crippen LogP contribution in [0.2, 0.25) is 0 Å². The number of amides is 2. The molecule has 0 unspecified atom stereocenters. The van der Waals surface area contributed by atoms with Gasteiger partial charge in [0.1, 0.15) is 0 Å². The zero-order chi connectivity index (χ0) is 17.8. The number of nitrogens with one attached hydrogen (secondary N) is 1. The number of hydrogen-bond acceptors (Lipinski definition) is 3. The first kappa shape index (κ1) is 16.6. The van der Waals surface area contributed by atoms with E-state index in [1.165, 1.54) is 18.4 Å². The molecule has 0 radical (unpaired) electrons. The average Bonchev–Trinajstić information content (AvgIpc) is 3.31. The highest BCUT2D eigenvalue weighted by atomic mass is 16.2. The van der Waals surface area contributed by atoms with Crippen LogP contribution in [0.5, 0.6) is 0 Å². The lowest BCUT2D eigenvalue weighted by atomic mass is 9.48. The molecule has 2 amide bonds. The summed E-state index contributed by atoms with van der Waals surface area (Å²) in [7, 11) is 0. The SMILES string of the molecule is CC1(C)C[C@]2(C(N)=O)CN(CC(=O)Nc3ccccc3C3CC3)C[C@H]12. The minimum atomic E-state index is -0.435. The molecule has 134 valence electrons. The highest BCUT2D eigenvalue weighted by Gasteiger charge is 2.65. The molecule has 2 atom stereocenters. The van der Waals surface area contributed by atoms with E-state index < -0.39 is 5.41 Å². The van der Waals surface area contributed by atoms with Crippen LogP contribution in [0.15, 0.2) is 24.3 Å². The normalized spacial score (nSPS) is 30.4. The number of rotatable bonds is 5. The number of para-hydroxylation sites is 1. The zero-order valence-electron chi connectivity index (χ0n) is 15.0. The molecular weight excluding hydrogens is 314 g/mol. The summed E-state index contributed by atoms with van der Waals surface area (Å²) < 4.78 is 0. The predicted octanol–water partition coefficient (Wildman–Crippen LogP) is 2.34. The maximum absolute atomic E-state index is 12.6. The van der Waals surface area contributed by atoms with Gasteiger partial charge in [0.2, 0.25) is 11.8 Å². The van der Waals surface area contributed by atoms with E-state index >= 15 is 0 Å². The maximum Gasteiger partial charge on any atom is 0.238 e. The van der Waals surface area contributed by atoms with Crippen molar-refractivity contribution < 1.29 is 9.59 Å². The second-order valence-electron chi connectivity index (χ2n) is 8.82. The first-order valence-corrected chi connectivity index (χ1v) is 9.23. The largest absolute Gasteiger partial charge is 0.369 e. The lowest BCUT2D eigenvalue weighted by Crippen LogP contribution is -2.59. The van der Waals surface area contributed by atoms with E-state index in [0.29, 0.717) is 19.0 Å². The van der Waals surface area contributed by atoms with Crippen molar-refractivity contribution in [1.29, 1.82) is 0 Å². The second-order valence-corrected chi connectivity index (χ2v) is 8.82. The van der Waals surface area contributed by atoms with E-state index in [4.69, 9.17) is 5.73 Å². The Labute approximate surface area is 148 Å². The molecule has 3 fully saturated rings. The molecule has 0 aromatic heterocycles. The summed E-state index contributed by atoms with van der Waals surface area (Å²) in [6.45, 7) is 6.07. The molecule has 1 aromatic carbocycles. The Morgan fingerprint density at radius 2 is 2.00 bits per heavy atom. The van der Waals surface area contributed by atoms with Gasteiger partial charge in [-0.25, -0.2) is 0 Å². The van der Waals surface area contributed by atoms with Gasteiger partial charge < -0.3 is 11.1 Å².